The van der Waals surface area contributed by atoms with E-state index in [-0.39, 0.29) is 11.8 Å². The van der Waals surface area contributed by atoms with Gasteiger partial charge in [-0.3, -0.25) is 9.59 Å². The molecule has 2 aliphatic rings. The van der Waals surface area contributed by atoms with E-state index in [1.807, 2.05) is 19.0 Å². The Balaban J connectivity index is 1.63. The summed E-state index contributed by atoms with van der Waals surface area (Å²) < 4.78 is 2.20. The summed E-state index contributed by atoms with van der Waals surface area (Å²) in [6.45, 7) is 5.08. The highest BCUT2D eigenvalue weighted by Gasteiger charge is 2.30. The first-order valence-corrected chi connectivity index (χ1v) is 9.21. The van der Waals surface area contributed by atoms with Gasteiger partial charge in [-0.25, -0.2) is 5.43 Å². The normalized spacial score (nSPS) is 18.8. The van der Waals surface area contributed by atoms with Gasteiger partial charge < -0.3 is 14.4 Å². The topological polar surface area (TPSA) is 95.7 Å². The Labute approximate surface area is 153 Å². The molecule has 0 unspecified atom stereocenters. The van der Waals surface area contributed by atoms with E-state index in [1.54, 1.807) is 0 Å². The van der Waals surface area contributed by atoms with Crippen LogP contribution in [0.5, 0.6) is 0 Å². The largest absolute Gasteiger partial charge is 0.337 e. The summed E-state index contributed by atoms with van der Waals surface area (Å²) in [6.07, 6.45) is 2.48. The lowest BCUT2D eigenvalue weighted by molar-refractivity contribution is -0.125. The van der Waals surface area contributed by atoms with Crippen molar-refractivity contribution in [1.29, 1.82) is 0 Å². The Morgan fingerprint density at radius 1 is 1.23 bits per heavy atom. The smallest absolute Gasteiger partial charge is 0.270 e. The number of nitrogens with one attached hydrogen (secondary N) is 1. The van der Waals surface area contributed by atoms with Crippen LogP contribution in [0.3, 0.4) is 0 Å². The molecule has 1 fully saturated rings. The van der Waals surface area contributed by atoms with Crippen LogP contribution < -0.4 is 5.43 Å². The molecule has 1 aromatic rings. The lowest BCUT2D eigenvalue weighted by Crippen LogP contribution is -2.44. The van der Waals surface area contributed by atoms with Gasteiger partial charge in [0.1, 0.15) is 17.4 Å². The maximum absolute atomic E-state index is 12.6. The summed E-state index contributed by atoms with van der Waals surface area (Å²) in [5, 5.41) is 12.7. The van der Waals surface area contributed by atoms with Crippen molar-refractivity contribution in [2.45, 2.75) is 51.6 Å². The highest BCUT2D eigenvalue weighted by molar-refractivity contribution is 6.39. The Kier molecular flexibility index (Phi) is 5.65. The summed E-state index contributed by atoms with van der Waals surface area (Å²) in [4.78, 5) is 27.7. The van der Waals surface area contributed by atoms with Gasteiger partial charge in [-0.15, -0.1) is 10.2 Å². The van der Waals surface area contributed by atoms with Gasteiger partial charge in [-0.1, -0.05) is 0 Å². The molecule has 9 heteroatoms. The molecule has 1 N–H and O–H groups in total. The van der Waals surface area contributed by atoms with Crippen LogP contribution in [0.2, 0.25) is 0 Å². The molecule has 0 atom stereocenters. The van der Waals surface area contributed by atoms with Gasteiger partial charge >= 0.3 is 0 Å². The first kappa shape index (κ1) is 18.5. The number of aromatic nitrogens is 3. The van der Waals surface area contributed by atoms with Gasteiger partial charge in [0.2, 0.25) is 5.91 Å². The highest BCUT2D eigenvalue weighted by Crippen LogP contribution is 2.28. The fourth-order valence-corrected chi connectivity index (χ4v) is 3.55. The predicted molar refractivity (Wildman–Crippen MR) is 96.5 cm³/mol. The average Bonchev–Trinajstić information content (AvgIpc) is 3.03. The third-order valence-electron chi connectivity index (χ3n) is 4.93. The molecule has 2 aliphatic heterocycles. The average molecular weight is 361 g/mol. The van der Waals surface area contributed by atoms with Crippen molar-refractivity contribution >= 4 is 17.5 Å². The lowest BCUT2D eigenvalue weighted by Gasteiger charge is -2.32. The van der Waals surface area contributed by atoms with Crippen LogP contribution in [0, 0.1) is 0 Å². The Morgan fingerprint density at radius 3 is 2.54 bits per heavy atom. The van der Waals surface area contributed by atoms with E-state index < -0.39 is 0 Å². The second-order valence-corrected chi connectivity index (χ2v) is 7.12. The third kappa shape index (κ3) is 3.92. The molecule has 9 nitrogen and oxygen atoms in total. The first-order valence-electron chi connectivity index (χ1n) is 9.21. The molecule has 142 valence electrons. The first-order chi connectivity index (χ1) is 12.5. The van der Waals surface area contributed by atoms with E-state index in [4.69, 9.17) is 0 Å². The molecule has 0 bridgehead atoms. The molecule has 1 aromatic heterocycles. The van der Waals surface area contributed by atoms with Gasteiger partial charge in [0.05, 0.1) is 6.54 Å². The number of hydrazone groups is 1. The SMILES string of the molecule is CCn1c(CN(C)C)nnc1C1CCN(C(=O)C2=NNC(=O)CC2)CC1. The number of carbonyl (C=O) groups is 2. The van der Waals surface area contributed by atoms with E-state index >= 15 is 0 Å². The standard InChI is InChI=1S/C17H27N7O2/c1-4-24-14(11-22(2)3)19-21-16(24)12-7-9-23(10-8-12)17(26)13-5-6-15(25)20-18-13/h12H,4-11H2,1-3H3,(H,20,25). The van der Waals surface area contributed by atoms with Crippen molar-refractivity contribution in [1.82, 2.24) is 30.0 Å². The predicted octanol–water partition coefficient (Wildman–Crippen LogP) is 0.332. The van der Waals surface area contributed by atoms with Crippen molar-refractivity contribution in [3.05, 3.63) is 11.6 Å². The van der Waals surface area contributed by atoms with E-state index in [0.29, 0.717) is 37.6 Å². The second kappa shape index (κ2) is 7.94. The number of hydrogen-bond donors (Lipinski definition) is 1. The van der Waals surface area contributed by atoms with Gasteiger partial charge in [0.25, 0.3) is 5.91 Å². The molecule has 1 saturated heterocycles. The summed E-state index contributed by atoms with van der Waals surface area (Å²) in [6, 6.07) is 0. The zero-order chi connectivity index (χ0) is 18.7. The van der Waals surface area contributed by atoms with E-state index in [9.17, 15) is 9.59 Å². The van der Waals surface area contributed by atoms with Crippen LogP contribution in [-0.2, 0) is 22.7 Å². The summed E-state index contributed by atoms with van der Waals surface area (Å²) in [5.41, 5.74) is 2.85. The molecule has 0 aromatic carbocycles. The Bertz CT molecular complexity index is 702. The molecular weight excluding hydrogens is 334 g/mol. The molecule has 0 aliphatic carbocycles. The van der Waals surface area contributed by atoms with Crippen molar-refractivity contribution < 1.29 is 9.59 Å². The molecule has 3 heterocycles. The maximum atomic E-state index is 12.6. The number of nitrogens with zero attached hydrogens (tertiary/aromatic N) is 6. The Hall–Kier alpha value is -2.29. The van der Waals surface area contributed by atoms with Crippen LogP contribution in [0.25, 0.3) is 0 Å². The van der Waals surface area contributed by atoms with Crippen molar-refractivity contribution in [3.63, 3.8) is 0 Å². The van der Waals surface area contributed by atoms with Crippen molar-refractivity contribution in [3.8, 4) is 0 Å². The molecule has 2 amide bonds. The number of rotatable bonds is 5. The molecular formula is C17H27N7O2. The lowest BCUT2D eigenvalue weighted by atomic mass is 9.95. The fourth-order valence-electron chi connectivity index (χ4n) is 3.55. The van der Waals surface area contributed by atoms with Crippen LogP contribution in [0.1, 0.15) is 50.2 Å². The summed E-state index contributed by atoms with van der Waals surface area (Å²) in [7, 11) is 4.05. The minimum Gasteiger partial charge on any atom is -0.337 e. The fraction of sp³-hybridized carbons (Fsp3) is 0.706. The number of likely N-dealkylation sites (tertiary alicyclic amines) is 1. The highest BCUT2D eigenvalue weighted by atomic mass is 16.2. The van der Waals surface area contributed by atoms with Crippen molar-refractivity contribution in [2.75, 3.05) is 27.2 Å². The van der Waals surface area contributed by atoms with Gasteiger partial charge in [-0.2, -0.15) is 5.10 Å². The number of carbonyl (C=O) groups excluding carboxylic acids is 2. The molecule has 0 spiro atoms. The van der Waals surface area contributed by atoms with Crippen LogP contribution >= 0.6 is 0 Å². The number of hydrogen-bond acceptors (Lipinski definition) is 6. The van der Waals surface area contributed by atoms with Crippen LogP contribution in [-0.4, -0.2) is 69.3 Å². The van der Waals surface area contributed by atoms with E-state index in [2.05, 4.69) is 37.1 Å². The minimum atomic E-state index is -0.132. The zero-order valence-corrected chi connectivity index (χ0v) is 15.7. The van der Waals surface area contributed by atoms with Gasteiger partial charge in [0, 0.05) is 38.4 Å². The zero-order valence-electron chi connectivity index (χ0n) is 15.7. The number of amides is 2. The molecule has 0 radical (unpaired) electrons. The minimum absolute atomic E-state index is 0.0614. The Morgan fingerprint density at radius 2 is 1.96 bits per heavy atom. The molecule has 3 rings (SSSR count). The van der Waals surface area contributed by atoms with Crippen LogP contribution in [0.4, 0.5) is 0 Å². The van der Waals surface area contributed by atoms with E-state index in [1.165, 1.54) is 0 Å². The second-order valence-electron chi connectivity index (χ2n) is 7.12. The van der Waals surface area contributed by atoms with Crippen LogP contribution in [0.15, 0.2) is 5.10 Å². The summed E-state index contributed by atoms with van der Waals surface area (Å²) >= 11 is 0. The molecule has 0 saturated carbocycles. The molecule has 26 heavy (non-hydrogen) atoms. The van der Waals surface area contributed by atoms with Gasteiger partial charge in [-0.05, 0) is 33.9 Å². The quantitative estimate of drug-likeness (QED) is 0.815. The summed E-state index contributed by atoms with van der Waals surface area (Å²) in [5.74, 6) is 2.13. The van der Waals surface area contributed by atoms with Gasteiger partial charge in [0.15, 0.2) is 0 Å². The van der Waals surface area contributed by atoms with E-state index in [0.717, 1.165) is 37.6 Å². The monoisotopic (exact) mass is 361 g/mol. The maximum Gasteiger partial charge on any atom is 0.270 e. The number of piperidine rings is 1. The van der Waals surface area contributed by atoms with Crippen molar-refractivity contribution in [2.24, 2.45) is 5.10 Å². The third-order valence-corrected chi connectivity index (χ3v) is 4.93.